The van der Waals surface area contributed by atoms with Crippen LogP contribution in [0.15, 0.2) is 77.9 Å². The molecule has 29 heavy (non-hydrogen) atoms. The van der Waals surface area contributed by atoms with Gasteiger partial charge in [0.2, 0.25) is 5.91 Å². The Bertz CT molecular complexity index is 973. The summed E-state index contributed by atoms with van der Waals surface area (Å²) >= 11 is 0. The number of rotatable bonds is 8. The van der Waals surface area contributed by atoms with Crippen molar-refractivity contribution in [2.45, 2.75) is 13.0 Å². The van der Waals surface area contributed by atoms with Crippen LogP contribution in [-0.4, -0.2) is 19.2 Å². The quantitative estimate of drug-likeness (QED) is 0.464. The summed E-state index contributed by atoms with van der Waals surface area (Å²) in [5.74, 6) is 0.566. The van der Waals surface area contributed by atoms with Crippen molar-refractivity contribution in [2.75, 3.05) is 7.11 Å². The highest BCUT2D eigenvalue weighted by Gasteiger charge is 2.06. The van der Waals surface area contributed by atoms with Crippen molar-refractivity contribution in [2.24, 2.45) is 5.10 Å². The van der Waals surface area contributed by atoms with Crippen molar-refractivity contribution in [3.8, 4) is 11.5 Å². The molecule has 0 spiro atoms. The number of methoxy groups -OCH3 is 1. The van der Waals surface area contributed by atoms with Gasteiger partial charge in [0, 0.05) is 0 Å². The van der Waals surface area contributed by atoms with E-state index < -0.39 is 0 Å². The first kappa shape index (κ1) is 20.1. The minimum absolute atomic E-state index is 0.118. The van der Waals surface area contributed by atoms with Crippen LogP contribution in [0.3, 0.4) is 0 Å². The molecule has 1 amide bonds. The number of ether oxygens (including phenoxy) is 2. The van der Waals surface area contributed by atoms with Gasteiger partial charge in [0.1, 0.15) is 12.4 Å². The number of nitrogens with one attached hydrogen (secondary N) is 1. The van der Waals surface area contributed by atoms with E-state index in [4.69, 9.17) is 9.47 Å². The molecule has 5 nitrogen and oxygen atoms in total. The Balaban J connectivity index is 1.56. The Morgan fingerprint density at radius 2 is 1.76 bits per heavy atom. The minimum Gasteiger partial charge on any atom is -0.493 e. The maximum absolute atomic E-state index is 12.9. The minimum atomic E-state index is -0.336. The number of carbonyl (C=O) groups excluding carboxylic acids is 1. The van der Waals surface area contributed by atoms with Crippen LogP contribution in [0.4, 0.5) is 4.39 Å². The Morgan fingerprint density at radius 1 is 1.00 bits per heavy atom. The summed E-state index contributed by atoms with van der Waals surface area (Å²) in [6.45, 7) is 0.435. The Hall–Kier alpha value is -3.67. The van der Waals surface area contributed by atoms with Gasteiger partial charge in [0.25, 0.3) is 0 Å². The molecule has 0 radical (unpaired) electrons. The van der Waals surface area contributed by atoms with Crippen LogP contribution >= 0.6 is 0 Å². The maximum atomic E-state index is 12.9. The van der Waals surface area contributed by atoms with Gasteiger partial charge in [-0.1, -0.05) is 42.5 Å². The van der Waals surface area contributed by atoms with Gasteiger partial charge in [-0.25, -0.2) is 9.82 Å². The predicted octanol–water partition coefficient (Wildman–Crippen LogP) is 4.11. The Morgan fingerprint density at radius 3 is 2.48 bits per heavy atom. The third-order valence-electron chi connectivity index (χ3n) is 4.11. The van der Waals surface area contributed by atoms with E-state index in [2.05, 4.69) is 10.5 Å². The lowest BCUT2D eigenvalue weighted by Crippen LogP contribution is -2.19. The van der Waals surface area contributed by atoms with Gasteiger partial charge >= 0.3 is 0 Å². The molecule has 1 N–H and O–H groups in total. The molecule has 3 aromatic carbocycles. The van der Waals surface area contributed by atoms with Crippen molar-refractivity contribution < 1.29 is 18.7 Å². The van der Waals surface area contributed by atoms with E-state index in [1.807, 2.05) is 36.4 Å². The highest BCUT2D eigenvalue weighted by Crippen LogP contribution is 2.28. The summed E-state index contributed by atoms with van der Waals surface area (Å²) < 4.78 is 24.1. The monoisotopic (exact) mass is 392 g/mol. The topological polar surface area (TPSA) is 59.9 Å². The van der Waals surface area contributed by atoms with Crippen LogP contribution in [0.2, 0.25) is 0 Å². The molecule has 3 rings (SSSR count). The fourth-order valence-electron chi connectivity index (χ4n) is 2.63. The molecule has 0 aliphatic heterocycles. The molecular weight excluding hydrogens is 371 g/mol. The van der Waals surface area contributed by atoms with E-state index >= 15 is 0 Å². The number of hydrazone groups is 1. The normalized spacial score (nSPS) is 10.7. The van der Waals surface area contributed by atoms with Gasteiger partial charge < -0.3 is 9.47 Å². The molecule has 0 fully saturated rings. The van der Waals surface area contributed by atoms with E-state index in [-0.39, 0.29) is 18.1 Å². The average Bonchev–Trinajstić information content (AvgIpc) is 2.75. The van der Waals surface area contributed by atoms with Crippen LogP contribution in [0, 0.1) is 5.82 Å². The SMILES string of the molecule is COc1cc(/C=N\NC(=O)Cc2ccc(F)cc2)ccc1OCc1ccccc1. The van der Waals surface area contributed by atoms with Crippen molar-refractivity contribution in [1.82, 2.24) is 5.43 Å². The standard InChI is InChI=1S/C23H21FN2O3/c1-28-22-13-19(9-12-21(22)29-16-18-5-3-2-4-6-18)15-25-26-23(27)14-17-7-10-20(24)11-8-17/h2-13,15H,14,16H2,1H3,(H,26,27)/b25-15-. The van der Waals surface area contributed by atoms with Gasteiger partial charge in [-0.2, -0.15) is 5.10 Å². The molecule has 0 saturated heterocycles. The summed E-state index contributed by atoms with van der Waals surface area (Å²) in [5.41, 5.74) is 4.97. The largest absolute Gasteiger partial charge is 0.493 e. The highest BCUT2D eigenvalue weighted by atomic mass is 19.1. The second kappa shape index (κ2) is 10.0. The lowest BCUT2D eigenvalue weighted by atomic mass is 10.1. The number of halogens is 1. The molecule has 0 aliphatic rings. The first-order chi connectivity index (χ1) is 14.1. The van der Waals surface area contributed by atoms with Crippen LogP contribution in [0.1, 0.15) is 16.7 Å². The van der Waals surface area contributed by atoms with Crippen LogP contribution in [-0.2, 0) is 17.8 Å². The molecule has 0 bridgehead atoms. The molecule has 0 atom stereocenters. The third kappa shape index (κ3) is 6.17. The second-order valence-corrected chi connectivity index (χ2v) is 6.28. The van der Waals surface area contributed by atoms with Crippen molar-refractivity contribution in [3.63, 3.8) is 0 Å². The van der Waals surface area contributed by atoms with E-state index in [0.717, 1.165) is 11.1 Å². The molecule has 0 saturated carbocycles. The number of hydrogen-bond acceptors (Lipinski definition) is 4. The number of carbonyl (C=O) groups is 1. The van der Waals surface area contributed by atoms with E-state index in [9.17, 15) is 9.18 Å². The highest BCUT2D eigenvalue weighted by molar-refractivity contribution is 5.84. The number of amides is 1. The molecule has 0 heterocycles. The first-order valence-electron chi connectivity index (χ1n) is 9.05. The summed E-state index contributed by atoms with van der Waals surface area (Å²) in [4.78, 5) is 11.9. The van der Waals surface area contributed by atoms with Gasteiger partial charge in [-0.05, 0) is 47.0 Å². The number of benzene rings is 3. The zero-order chi connectivity index (χ0) is 20.5. The number of hydrogen-bond donors (Lipinski definition) is 1. The molecule has 0 aliphatic carbocycles. The Kier molecular flexibility index (Phi) is 6.95. The summed E-state index contributed by atoms with van der Waals surface area (Å²) in [6, 6.07) is 21.0. The fourth-order valence-corrected chi connectivity index (χ4v) is 2.63. The fraction of sp³-hybridized carbons (Fsp3) is 0.130. The summed E-state index contributed by atoms with van der Waals surface area (Å²) in [6.07, 6.45) is 1.64. The molecule has 148 valence electrons. The van der Waals surface area contributed by atoms with Crippen molar-refractivity contribution in [1.29, 1.82) is 0 Å². The van der Waals surface area contributed by atoms with Crippen LogP contribution in [0.5, 0.6) is 11.5 Å². The van der Waals surface area contributed by atoms with E-state index in [1.54, 1.807) is 31.4 Å². The third-order valence-corrected chi connectivity index (χ3v) is 4.11. The maximum Gasteiger partial charge on any atom is 0.244 e. The predicted molar refractivity (Wildman–Crippen MR) is 110 cm³/mol. The van der Waals surface area contributed by atoms with Gasteiger partial charge in [-0.15, -0.1) is 0 Å². The first-order valence-corrected chi connectivity index (χ1v) is 9.05. The van der Waals surface area contributed by atoms with Gasteiger partial charge in [-0.3, -0.25) is 4.79 Å². The summed E-state index contributed by atoms with van der Waals surface area (Å²) in [5, 5.41) is 3.96. The van der Waals surface area contributed by atoms with E-state index in [0.29, 0.717) is 23.7 Å². The smallest absolute Gasteiger partial charge is 0.244 e. The second-order valence-electron chi connectivity index (χ2n) is 6.28. The molecule has 0 unspecified atom stereocenters. The molecule has 3 aromatic rings. The van der Waals surface area contributed by atoms with Crippen molar-refractivity contribution in [3.05, 3.63) is 95.3 Å². The molecule has 6 heteroatoms. The number of nitrogens with zero attached hydrogens (tertiary/aromatic N) is 1. The van der Waals surface area contributed by atoms with Crippen LogP contribution in [0.25, 0.3) is 0 Å². The van der Waals surface area contributed by atoms with Crippen molar-refractivity contribution >= 4 is 12.1 Å². The molecular formula is C23H21FN2O3. The lowest BCUT2D eigenvalue weighted by Gasteiger charge is -2.11. The zero-order valence-corrected chi connectivity index (χ0v) is 16.0. The van der Waals surface area contributed by atoms with Gasteiger partial charge in [0.05, 0.1) is 19.7 Å². The average molecular weight is 392 g/mol. The zero-order valence-electron chi connectivity index (χ0n) is 16.0. The lowest BCUT2D eigenvalue weighted by molar-refractivity contribution is -0.120. The summed E-state index contributed by atoms with van der Waals surface area (Å²) in [7, 11) is 1.57. The molecule has 0 aromatic heterocycles. The van der Waals surface area contributed by atoms with Crippen LogP contribution < -0.4 is 14.9 Å². The van der Waals surface area contributed by atoms with E-state index in [1.165, 1.54) is 18.3 Å². The Labute approximate surface area is 168 Å². The van der Waals surface area contributed by atoms with Gasteiger partial charge in [0.15, 0.2) is 11.5 Å².